The van der Waals surface area contributed by atoms with Crippen LogP contribution in [0.3, 0.4) is 0 Å². The maximum atomic E-state index is 9.92. The third-order valence-corrected chi connectivity index (χ3v) is 8.10. The molecule has 1 aromatic rings. The predicted octanol–water partition coefficient (Wildman–Crippen LogP) is 4.39. The number of aromatic hydroxyl groups is 1. The summed E-state index contributed by atoms with van der Waals surface area (Å²) >= 11 is 0. The molecular weight excluding hydrogens is 228 g/mol. The van der Waals surface area contributed by atoms with Crippen molar-refractivity contribution in [3.63, 3.8) is 0 Å². The average molecular weight is 252 g/mol. The van der Waals surface area contributed by atoms with E-state index in [4.69, 9.17) is 4.43 Å². The van der Waals surface area contributed by atoms with Gasteiger partial charge in [-0.1, -0.05) is 26.8 Å². The lowest BCUT2D eigenvalue weighted by Gasteiger charge is -2.37. The number of aryl methyl sites for hydroxylation is 1. The van der Waals surface area contributed by atoms with Gasteiger partial charge in [-0.05, 0) is 43.6 Å². The van der Waals surface area contributed by atoms with Crippen molar-refractivity contribution in [3.8, 4) is 11.5 Å². The van der Waals surface area contributed by atoms with Crippen LogP contribution in [-0.2, 0) is 0 Å². The Balaban J connectivity index is 3.09. The minimum absolute atomic E-state index is 0.167. The molecule has 1 N–H and O–H groups in total. The predicted molar refractivity (Wildman–Crippen MR) is 75.4 cm³/mol. The first kappa shape index (κ1) is 14.1. The van der Waals surface area contributed by atoms with Gasteiger partial charge in [0.1, 0.15) is 11.5 Å². The van der Waals surface area contributed by atoms with Gasteiger partial charge in [0.2, 0.25) is 8.32 Å². The Hall–Kier alpha value is -0.963. The second kappa shape index (κ2) is 4.37. The SMILES string of the molecule is Cc1ccc(O[Si](C)(C)C(C)(C)C)c(C)c1O. The first-order chi connectivity index (χ1) is 7.56. The highest BCUT2D eigenvalue weighted by molar-refractivity contribution is 6.74. The van der Waals surface area contributed by atoms with E-state index in [1.165, 1.54) is 0 Å². The third kappa shape index (κ3) is 2.83. The van der Waals surface area contributed by atoms with Crippen molar-refractivity contribution >= 4 is 8.32 Å². The molecule has 0 heterocycles. The second-order valence-corrected chi connectivity index (χ2v) is 10.9. The molecule has 0 spiro atoms. The maximum Gasteiger partial charge on any atom is 0.250 e. The molecule has 0 saturated heterocycles. The average Bonchev–Trinajstić information content (AvgIpc) is 2.17. The molecule has 0 bridgehead atoms. The summed E-state index contributed by atoms with van der Waals surface area (Å²) < 4.78 is 6.21. The topological polar surface area (TPSA) is 29.5 Å². The summed E-state index contributed by atoms with van der Waals surface area (Å²) in [6, 6.07) is 3.87. The molecule has 96 valence electrons. The number of rotatable bonds is 2. The normalized spacial score (nSPS) is 12.6. The van der Waals surface area contributed by atoms with E-state index in [1.54, 1.807) is 0 Å². The largest absolute Gasteiger partial charge is 0.543 e. The molecule has 0 atom stereocenters. The van der Waals surface area contributed by atoms with E-state index in [0.717, 1.165) is 16.9 Å². The fraction of sp³-hybridized carbons (Fsp3) is 0.571. The third-order valence-electron chi connectivity index (χ3n) is 3.75. The Morgan fingerprint density at radius 1 is 1.12 bits per heavy atom. The zero-order valence-corrected chi connectivity index (χ0v) is 13.0. The van der Waals surface area contributed by atoms with E-state index in [0.29, 0.717) is 5.75 Å². The Bertz CT molecular complexity index is 417. The van der Waals surface area contributed by atoms with Gasteiger partial charge < -0.3 is 9.53 Å². The highest BCUT2D eigenvalue weighted by Gasteiger charge is 2.39. The quantitative estimate of drug-likeness (QED) is 0.791. The monoisotopic (exact) mass is 252 g/mol. The van der Waals surface area contributed by atoms with Gasteiger partial charge >= 0.3 is 0 Å². The van der Waals surface area contributed by atoms with Crippen LogP contribution in [0.2, 0.25) is 18.1 Å². The zero-order chi connectivity index (χ0) is 13.4. The number of hydrogen-bond donors (Lipinski definition) is 1. The summed E-state index contributed by atoms with van der Waals surface area (Å²) in [5, 5.41) is 10.1. The van der Waals surface area contributed by atoms with Crippen molar-refractivity contribution in [2.24, 2.45) is 0 Å². The Morgan fingerprint density at radius 2 is 1.65 bits per heavy atom. The lowest BCUT2D eigenvalue weighted by atomic mass is 10.1. The minimum Gasteiger partial charge on any atom is -0.543 e. The van der Waals surface area contributed by atoms with Crippen molar-refractivity contribution in [1.82, 2.24) is 0 Å². The van der Waals surface area contributed by atoms with Crippen LogP contribution >= 0.6 is 0 Å². The Morgan fingerprint density at radius 3 is 2.12 bits per heavy atom. The van der Waals surface area contributed by atoms with Gasteiger partial charge in [-0.2, -0.15) is 0 Å². The van der Waals surface area contributed by atoms with E-state index in [1.807, 2.05) is 26.0 Å². The van der Waals surface area contributed by atoms with Crippen molar-refractivity contribution in [2.75, 3.05) is 0 Å². The first-order valence-electron chi connectivity index (χ1n) is 6.04. The molecule has 0 amide bonds. The van der Waals surface area contributed by atoms with E-state index < -0.39 is 8.32 Å². The van der Waals surface area contributed by atoms with Crippen LogP contribution in [0, 0.1) is 13.8 Å². The number of phenols is 1. The van der Waals surface area contributed by atoms with Crippen LogP contribution in [0.25, 0.3) is 0 Å². The van der Waals surface area contributed by atoms with E-state index >= 15 is 0 Å². The van der Waals surface area contributed by atoms with Crippen LogP contribution in [0.4, 0.5) is 0 Å². The fourth-order valence-corrected chi connectivity index (χ4v) is 2.43. The van der Waals surface area contributed by atoms with Crippen LogP contribution in [-0.4, -0.2) is 13.4 Å². The molecule has 1 aromatic carbocycles. The molecular formula is C14H24O2Si. The molecule has 17 heavy (non-hydrogen) atoms. The molecule has 0 saturated carbocycles. The standard InChI is InChI=1S/C14H24O2Si/c1-10-8-9-12(11(2)13(10)15)16-17(6,7)14(3,4)5/h8-9,15H,1-7H3. The van der Waals surface area contributed by atoms with Gasteiger partial charge in [0.25, 0.3) is 0 Å². The summed E-state index contributed by atoms with van der Waals surface area (Å²) in [5.41, 5.74) is 1.74. The van der Waals surface area contributed by atoms with E-state index in [-0.39, 0.29) is 5.04 Å². The summed E-state index contributed by atoms with van der Waals surface area (Å²) in [6.07, 6.45) is 0. The van der Waals surface area contributed by atoms with Gasteiger partial charge in [-0.25, -0.2) is 0 Å². The molecule has 0 fully saturated rings. The Labute approximate surface area is 106 Å². The van der Waals surface area contributed by atoms with Crippen LogP contribution in [0.1, 0.15) is 31.9 Å². The molecule has 1 rings (SSSR count). The van der Waals surface area contributed by atoms with Crippen molar-refractivity contribution in [1.29, 1.82) is 0 Å². The lowest BCUT2D eigenvalue weighted by Crippen LogP contribution is -2.44. The smallest absolute Gasteiger partial charge is 0.250 e. The van der Waals surface area contributed by atoms with Gasteiger partial charge in [-0.15, -0.1) is 0 Å². The summed E-state index contributed by atoms with van der Waals surface area (Å²) in [7, 11) is -1.83. The van der Waals surface area contributed by atoms with Crippen molar-refractivity contribution in [2.45, 2.75) is 52.8 Å². The summed E-state index contributed by atoms with van der Waals surface area (Å²) in [4.78, 5) is 0. The second-order valence-electron chi connectivity index (χ2n) is 6.22. The molecule has 0 aliphatic heterocycles. The number of benzene rings is 1. The van der Waals surface area contributed by atoms with Crippen LogP contribution in [0.5, 0.6) is 11.5 Å². The van der Waals surface area contributed by atoms with Crippen LogP contribution < -0.4 is 4.43 Å². The van der Waals surface area contributed by atoms with Crippen LogP contribution in [0.15, 0.2) is 12.1 Å². The highest BCUT2D eigenvalue weighted by atomic mass is 28.4. The molecule has 0 aliphatic rings. The number of hydrogen-bond acceptors (Lipinski definition) is 2. The molecule has 0 unspecified atom stereocenters. The summed E-state index contributed by atoms with van der Waals surface area (Å²) in [5.74, 6) is 1.17. The Kier molecular flexibility index (Phi) is 3.62. The zero-order valence-electron chi connectivity index (χ0n) is 12.0. The van der Waals surface area contributed by atoms with E-state index in [9.17, 15) is 5.11 Å². The molecule has 2 nitrogen and oxygen atoms in total. The number of phenolic OH excluding ortho intramolecular Hbond substituents is 1. The molecule has 0 aromatic heterocycles. The van der Waals surface area contributed by atoms with Gasteiger partial charge in [0, 0.05) is 5.56 Å². The maximum absolute atomic E-state index is 9.92. The van der Waals surface area contributed by atoms with Gasteiger partial charge in [-0.3, -0.25) is 0 Å². The minimum atomic E-state index is -1.83. The molecule has 0 radical (unpaired) electrons. The molecule has 0 aliphatic carbocycles. The van der Waals surface area contributed by atoms with Gasteiger partial charge in [0.15, 0.2) is 0 Å². The molecule has 3 heteroatoms. The van der Waals surface area contributed by atoms with Crippen molar-refractivity contribution < 1.29 is 9.53 Å². The summed E-state index contributed by atoms with van der Waals surface area (Å²) in [6.45, 7) is 14.9. The van der Waals surface area contributed by atoms with Gasteiger partial charge in [0.05, 0.1) is 0 Å². The fourth-order valence-electron chi connectivity index (χ4n) is 1.36. The highest BCUT2D eigenvalue weighted by Crippen LogP contribution is 2.39. The first-order valence-corrected chi connectivity index (χ1v) is 8.95. The van der Waals surface area contributed by atoms with E-state index in [2.05, 4.69) is 33.9 Å². The van der Waals surface area contributed by atoms with Crippen molar-refractivity contribution in [3.05, 3.63) is 23.3 Å². The lowest BCUT2D eigenvalue weighted by molar-refractivity contribution is 0.451.